The molecule has 0 aromatic heterocycles. The summed E-state index contributed by atoms with van der Waals surface area (Å²) in [6.45, 7) is 6.44. The molecule has 0 amide bonds. The molecule has 2 aromatic carbocycles. The van der Waals surface area contributed by atoms with Crippen LogP contribution in [0.4, 0.5) is 5.69 Å². The Morgan fingerprint density at radius 1 is 1.00 bits per heavy atom. The van der Waals surface area contributed by atoms with Crippen LogP contribution in [0.1, 0.15) is 36.6 Å². The Labute approximate surface area is 133 Å². The molecule has 1 aliphatic carbocycles. The number of aliphatic hydroxyl groups excluding tert-OH is 1. The summed E-state index contributed by atoms with van der Waals surface area (Å²) in [5.74, 6) is 0.303. The smallest absolute Gasteiger partial charge is 0.0827 e. The van der Waals surface area contributed by atoms with Crippen molar-refractivity contribution in [3.63, 3.8) is 0 Å². The Hall–Kier alpha value is -1.80. The maximum atomic E-state index is 10.5. The summed E-state index contributed by atoms with van der Waals surface area (Å²) in [5.41, 5.74) is 5.02. The van der Waals surface area contributed by atoms with E-state index in [4.69, 9.17) is 0 Å². The molecule has 1 N–H and O–H groups in total. The Kier molecular flexibility index (Phi) is 4.49. The minimum Gasteiger partial charge on any atom is -0.388 e. The van der Waals surface area contributed by atoms with Gasteiger partial charge in [-0.05, 0) is 61.4 Å². The van der Waals surface area contributed by atoms with Gasteiger partial charge >= 0.3 is 0 Å². The van der Waals surface area contributed by atoms with E-state index in [-0.39, 0.29) is 6.10 Å². The summed E-state index contributed by atoms with van der Waals surface area (Å²) in [5, 5.41) is 10.5. The molecule has 2 aromatic rings. The SMILES string of the molecule is CCN(CC)c1ccc(CC2Cc3ccccc3C2O)cc1. The van der Waals surface area contributed by atoms with Crippen LogP contribution in [0.2, 0.25) is 0 Å². The van der Waals surface area contributed by atoms with Gasteiger partial charge in [0.05, 0.1) is 6.10 Å². The van der Waals surface area contributed by atoms with Crippen molar-refractivity contribution in [1.29, 1.82) is 0 Å². The van der Waals surface area contributed by atoms with Crippen molar-refractivity contribution in [3.8, 4) is 0 Å². The zero-order valence-corrected chi connectivity index (χ0v) is 13.5. The Morgan fingerprint density at radius 3 is 2.32 bits per heavy atom. The molecule has 0 radical (unpaired) electrons. The second-order valence-corrected chi connectivity index (χ2v) is 6.15. The topological polar surface area (TPSA) is 23.5 Å². The molecule has 0 saturated heterocycles. The number of benzene rings is 2. The molecule has 1 aliphatic rings. The first-order valence-electron chi connectivity index (χ1n) is 8.32. The predicted octanol–water partition coefficient (Wildman–Crippen LogP) is 3.98. The Morgan fingerprint density at radius 2 is 1.68 bits per heavy atom. The summed E-state index contributed by atoms with van der Waals surface area (Å²) < 4.78 is 0. The maximum Gasteiger partial charge on any atom is 0.0827 e. The van der Waals surface area contributed by atoms with E-state index in [1.807, 2.05) is 6.07 Å². The van der Waals surface area contributed by atoms with Gasteiger partial charge in [0, 0.05) is 18.8 Å². The zero-order valence-electron chi connectivity index (χ0n) is 13.5. The third-order valence-electron chi connectivity index (χ3n) is 4.87. The largest absolute Gasteiger partial charge is 0.388 e. The third-order valence-corrected chi connectivity index (χ3v) is 4.87. The first-order chi connectivity index (χ1) is 10.7. The molecule has 0 bridgehead atoms. The highest BCUT2D eigenvalue weighted by Gasteiger charge is 2.30. The molecule has 22 heavy (non-hydrogen) atoms. The predicted molar refractivity (Wildman–Crippen MR) is 92.3 cm³/mol. The lowest BCUT2D eigenvalue weighted by Crippen LogP contribution is -2.21. The Balaban J connectivity index is 1.70. The second-order valence-electron chi connectivity index (χ2n) is 6.15. The third kappa shape index (κ3) is 2.89. The quantitative estimate of drug-likeness (QED) is 0.902. The van der Waals surface area contributed by atoms with Crippen molar-refractivity contribution < 1.29 is 5.11 Å². The second kappa shape index (κ2) is 6.53. The molecule has 3 rings (SSSR count). The van der Waals surface area contributed by atoms with Gasteiger partial charge in [0.25, 0.3) is 0 Å². The fourth-order valence-corrected chi connectivity index (χ4v) is 3.57. The highest BCUT2D eigenvalue weighted by atomic mass is 16.3. The van der Waals surface area contributed by atoms with Gasteiger partial charge < -0.3 is 10.0 Å². The normalized spacial score (nSPS) is 20.0. The molecule has 2 atom stereocenters. The number of aliphatic hydroxyl groups is 1. The Bertz CT molecular complexity index is 616. The number of nitrogens with zero attached hydrogens (tertiary/aromatic N) is 1. The van der Waals surface area contributed by atoms with Crippen LogP contribution in [-0.2, 0) is 12.8 Å². The molecule has 0 heterocycles. The average Bonchev–Trinajstić information content (AvgIpc) is 2.87. The minimum atomic E-state index is -0.321. The average molecular weight is 295 g/mol. The van der Waals surface area contributed by atoms with Gasteiger partial charge in [0.1, 0.15) is 0 Å². The van der Waals surface area contributed by atoms with Crippen LogP contribution in [0.15, 0.2) is 48.5 Å². The summed E-state index contributed by atoms with van der Waals surface area (Å²) in [4.78, 5) is 2.35. The molecule has 0 fully saturated rings. The van der Waals surface area contributed by atoms with Crippen LogP contribution in [0.5, 0.6) is 0 Å². The lowest BCUT2D eigenvalue weighted by molar-refractivity contribution is 0.123. The zero-order chi connectivity index (χ0) is 15.5. The van der Waals surface area contributed by atoms with Crippen molar-refractivity contribution in [2.24, 2.45) is 5.92 Å². The van der Waals surface area contributed by atoms with Crippen LogP contribution < -0.4 is 4.90 Å². The number of hydrogen-bond acceptors (Lipinski definition) is 2. The van der Waals surface area contributed by atoms with E-state index in [0.717, 1.165) is 31.5 Å². The highest BCUT2D eigenvalue weighted by molar-refractivity contribution is 5.47. The van der Waals surface area contributed by atoms with Gasteiger partial charge in [-0.1, -0.05) is 36.4 Å². The number of fused-ring (bicyclic) bond motifs is 1. The van der Waals surface area contributed by atoms with Gasteiger partial charge in [0.15, 0.2) is 0 Å². The van der Waals surface area contributed by atoms with Gasteiger partial charge in [-0.15, -0.1) is 0 Å². The highest BCUT2D eigenvalue weighted by Crippen LogP contribution is 2.37. The molecular formula is C20H25NO. The molecule has 2 unspecified atom stereocenters. The number of anilines is 1. The standard InChI is InChI=1S/C20H25NO/c1-3-21(4-2)18-11-9-15(10-12-18)13-17-14-16-7-5-6-8-19(16)20(17)22/h5-12,17,20,22H,3-4,13-14H2,1-2H3. The molecule has 2 nitrogen and oxygen atoms in total. The molecule has 2 heteroatoms. The van der Waals surface area contributed by atoms with Crippen LogP contribution in [0, 0.1) is 5.92 Å². The van der Waals surface area contributed by atoms with Crippen LogP contribution in [0.3, 0.4) is 0 Å². The van der Waals surface area contributed by atoms with Gasteiger partial charge in [0.2, 0.25) is 0 Å². The molecule has 0 saturated carbocycles. The molecule has 0 spiro atoms. The molecule has 116 valence electrons. The van der Waals surface area contributed by atoms with E-state index >= 15 is 0 Å². The first kappa shape index (κ1) is 15.1. The number of hydrogen-bond donors (Lipinski definition) is 1. The van der Waals surface area contributed by atoms with Gasteiger partial charge in [-0.25, -0.2) is 0 Å². The van der Waals surface area contributed by atoms with Gasteiger partial charge in [-0.2, -0.15) is 0 Å². The maximum absolute atomic E-state index is 10.5. The lowest BCUT2D eigenvalue weighted by atomic mass is 9.94. The fraction of sp³-hybridized carbons (Fsp3) is 0.400. The van der Waals surface area contributed by atoms with E-state index in [2.05, 4.69) is 61.2 Å². The molecular weight excluding hydrogens is 270 g/mol. The summed E-state index contributed by atoms with van der Waals surface area (Å²) >= 11 is 0. The minimum absolute atomic E-state index is 0.303. The summed E-state index contributed by atoms with van der Waals surface area (Å²) in [6.07, 6.45) is 1.60. The van der Waals surface area contributed by atoms with E-state index in [1.54, 1.807) is 0 Å². The van der Waals surface area contributed by atoms with Gasteiger partial charge in [-0.3, -0.25) is 0 Å². The van der Waals surface area contributed by atoms with E-state index < -0.39 is 0 Å². The van der Waals surface area contributed by atoms with E-state index in [0.29, 0.717) is 5.92 Å². The van der Waals surface area contributed by atoms with E-state index in [1.165, 1.54) is 16.8 Å². The number of rotatable bonds is 5. The van der Waals surface area contributed by atoms with Crippen LogP contribution in [0.25, 0.3) is 0 Å². The van der Waals surface area contributed by atoms with E-state index in [9.17, 15) is 5.11 Å². The summed E-state index contributed by atoms with van der Waals surface area (Å²) in [7, 11) is 0. The summed E-state index contributed by atoms with van der Waals surface area (Å²) in [6, 6.07) is 17.1. The monoisotopic (exact) mass is 295 g/mol. The first-order valence-corrected chi connectivity index (χ1v) is 8.32. The molecule has 0 aliphatic heterocycles. The lowest BCUT2D eigenvalue weighted by Gasteiger charge is -2.21. The van der Waals surface area contributed by atoms with Crippen LogP contribution >= 0.6 is 0 Å². The van der Waals surface area contributed by atoms with Crippen molar-refractivity contribution in [2.75, 3.05) is 18.0 Å². The van der Waals surface area contributed by atoms with Crippen molar-refractivity contribution in [1.82, 2.24) is 0 Å². The fourth-order valence-electron chi connectivity index (χ4n) is 3.57. The van der Waals surface area contributed by atoms with Crippen molar-refractivity contribution >= 4 is 5.69 Å². The van der Waals surface area contributed by atoms with Crippen LogP contribution in [-0.4, -0.2) is 18.2 Å². The van der Waals surface area contributed by atoms with Crippen molar-refractivity contribution in [2.45, 2.75) is 32.8 Å². The van der Waals surface area contributed by atoms with Crippen molar-refractivity contribution in [3.05, 3.63) is 65.2 Å².